The number of nitrogens with two attached hydrogens (primary N) is 1. The third-order valence-corrected chi connectivity index (χ3v) is 7.69. The van der Waals surface area contributed by atoms with Gasteiger partial charge in [-0.25, -0.2) is 9.97 Å². The van der Waals surface area contributed by atoms with Crippen LogP contribution in [0.25, 0.3) is 0 Å². The third kappa shape index (κ3) is 4.08. The first kappa shape index (κ1) is 21.2. The summed E-state index contributed by atoms with van der Waals surface area (Å²) in [5, 5.41) is 0.254. The summed E-state index contributed by atoms with van der Waals surface area (Å²) in [6.07, 6.45) is 3.04. The largest absolute Gasteiger partial charge is 0.434 e. The molecule has 0 amide bonds. The molecule has 9 heteroatoms. The van der Waals surface area contributed by atoms with E-state index < -0.39 is 11.9 Å². The fraction of sp³-hybridized carbons (Fsp3) is 0.571. The maximum Gasteiger partial charge on any atom is 0.434 e. The lowest BCUT2D eigenvalue weighted by molar-refractivity contribution is -0.143. The van der Waals surface area contributed by atoms with Gasteiger partial charge in [-0.1, -0.05) is 25.6 Å². The molecule has 2 atom stereocenters. The minimum atomic E-state index is -4.54. The van der Waals surface area contributed by atoms with Gasteiger partial charge in [0.05, 0.1) is 6.20 Å². The van der Waals surface area contributed by atoms with Gasteiger partial charge in [-0.15, -0.1) is 0 Å². The Kier molecular flexibility index (Phi) is 5.59. The highest BCUT2D eigenvalue weighted by molar-refractivity contribution is 7.99. The second-order valence-electron chi connectivity index (χ2n) is 8.66. The Bertz CT molecular complexity index is 912. The second-order valence-corrected chi connectivity index (χ2v) is 9.69. The molecule has 5 nitrogen and oxygen atoms in total. The first-order chi connectivity index (χ1) is 14.2. The van der Waals surface area contributed by atoms with Crippen LogP contribution in [0.3, 0.4) is 0 Å². The van der Waals surface area contributed by atoms with Crippen molar-refractivity contribution in [3.63, 3.8) is 0 Å². The summed E-state index contributed by atoms with van der Waals surface area (Å²) in [4.78, 5) is 14.4. The van der Waals surface area contributed by atoms with Gasteiger partial charge in [0.15, 0.2) is 11.5 Å². The Morgan fingerprint density at radius 1 is 1.20 bits per heavy atom. The SMILES string of the molecule is C[C@H]1C[C@@H](C)C2(CCN(c3cnc(Sc4cccnc4C(F)(F)F)c(N)n3)CC2)C1. The van der Waals surface area contributed by atoms with Crippen LogP contribution in [-0.2, 0) is 6.18 Å². The van der Waals surface area contributed by atoms with Crippen molar-refractivity contribution in [1.29, 1.82) is 0 Å². The number of hydrogen-bond acceptors (Lipinski definition) is 6. The Morgan fingerprint density at radius 2 is 1.93 bits per heavy atom. The Hall–Kier alpha value is -2.03. The van der Waals surface area contributed by atoms with E-state index in [1.54, 1.807) is 6.20 Å². The molecular formula is C21H26F3N5S. The van der Waals surface area contributed by atoms with Crippen LogP contribution in [-0.4, -0.2) is 28.0 Å². The van der Waals surface area contributed by atoms with Crippen molar-refractivity contribution < 1.29 is 13.2 Å². The zero-order chi connectivity index (χ0) is 21.5. The highest BCUT2D eigenvalue weighted by Crippen LogP contribution is 2.52. The molecule has 1 saturated heterocycles. The van der Waals surface area contributed by atoms with Crippen molar-refractivity contribution in [1.82, 2.24) is 15.0 Å². The van der Waals surface area contributed by atoms with Crippen LogP contribution in [0.4, 0.5) is 24.8 Å². The number of aromatic nitrogens is 3. The molecule has 2 N–H and O–H groups in total. The van der Waals surface area contributed by atoms with E-state index in [1.165, 1.54) is 25.0 Å². The van der Waals surface area contributed by atoms with Gasteiger partial charge >= 0.3 is 6.18 Å². The van der Waals surface area contributed by atoms with Gasteiger partial charge in [0.2, 0.25) is 0 Å². The van der Waals surface area contributed by atoms with E-state index in [9.17, 15) is 13.2 Å². The number of alkyl halides is 3. The van der Waals surface area contributed by atoms with E-state index in [4.69, 9.17) is 5.73 Å². The fourth-order valence-electron chi connectivity index (χ4n) is 5.11. The molecular weight excluding hydrogens is 411 g/mol. The topological polar surface area (TPSA) is 67.9 Å². The van der Waals surface area contributed by atoms with E-state index >= 15 is 0 Å². The maximum atomic E-state index is 13.2. The molecule has 30 heavy (non-hydrogen) atoms. The van der Waals surface area contributed by atoms with Gasteiger partial charge in [0.25, 0.3) is 0 Å². The number of piperidine rings is 1. The zero-order valence-corrected chi connectivity index (χ0v) is 17.9. The first-order valence-corrected chi connectivity index (χ1v) is 11.1. The maximum absolute atomic E-state index is 13.2. The minimum absolute atomic E-state index is 0.0389. The smallest absolute Gasteiger partial charge is 0.381 e. The molecule has 0 radical (unpaired) electrons. The lowest BCUT2D eigenvalue weighted by Gasteiger charge is -2.42. The second kappa shape index (κ2) is 7.90. The molecule has 2 aliphatic rings. The predicted molar refractivity (Wildman–Crippen MR) is 111 cm³/mol. The summed E-state index contributed by atoms with van der Waals surface area (Å²) in [6.45, 7) is 6.51. The molecule has 0 bridgehead atoms. The molecule has 2 fully saturated rings. The zero-order valence-electron chi connectivity index (χ0n) is 17.1. The molecule has 3 heterocycles. The van der Waals surface area contributed by atoms with E-state index in [2.05, 4.69) is 33.7 Å². The summed E-state index contributed by atoms with van der Waals surface area (Å²) in [5.41, 5.74) is 5.55. The van der Waals surface area contributed by atoms with Crippen molar-refractivity contribution >= 4 is 23.4 Å². The standard InChI is InChI=1S/C21H26F3N5S/c1-13-10-14(2)20(11-13)5-8-29(9-6-20)16-12-27-19(18(25)28-16)30-15-4-3-7-26-17(15)21(22,23)24/h3-4,7,12-14H,5-6,8-11H2,1-2H3,(H2,25,28)/t13-,14+/m0/s1. The van der Waals surface area contributed by atoms with E-state index in [0.717, 1.165) is 55.7 Å². The first-order valence-electron chi connectivity index (χ1n) is 10.3. The van der Waals surface area contributed by atoms with Crippen molar-refractivity contribution in [2.45, 2.75) is 55.6 Å². The molecule has 1 aliphatic heterocycles. The molecule has 1 spiro atoms. The molecule has 0 aromatic carbocycles. The van der Waals surface area contributed by atoms with Crippen molar-refractivity contribution in [3.8, 4) is 0 Å². The monoisotopic (exact) mass is 437 g/mol. The van der Waals surface area contributed by atoms with Crippen molar-refractivity contribution in [3.05, 3.63) is 30.2 Å². The number of pyridine rings is 1. The number of halogens is 3. The number of anilines is 2. The third-order valence-electron chi connectivity index (χ3n) is 6.64. The number of nitrogens with zero attached hydrogens (tertiary/aromatic N) is 4. The summed E-state index contributed by atoms with van der Waals surface area (Å²) in [6, 6.07) is 2.83. The van der Waals surface area contributed by atoms with Gasteiger partial charge in [-0.3, -0.25) is 4.98 Å². The minimum Gasteiger partial charge on any atom is -0.381 e. The van der Waals surface area contributed by atoms with E-state index in [1.807, 2.05) is 0 Å². The highest BCUT2D eigenvalue weighted by atomic mass is 32.2. The van der Waals surface area contributed by atoms with Gasteiger partial charge in [-0.05, 0) is 55.1 Å². The van der Waals surface area contributed by atoms with Gasteiger partial charge in [0.1, 0.15) is 10.8 Å². The van der Waals surface area contributed by atoms with Crippen LogP contribution < -0.4 is 10.6 Å². The summed E-state index contributed by atoms with van der Waals surface area (Å²) >= 11 is 0.839. The summed E-state index contributed by atoms with van der Waals surface area (Å²) in [7, 11) is 0. The lowest BCUT2D eigenvalue weighted by atomic mass is 9.71. The molecule has 2 aromatic heterocycles. The van der Waals surface area contributed by atoms with Gasteiger partial charge < -0.3 is 10.6 Å². The van der Waals surface area contributed by atoms with Crippen LogP contribution in [0.15, 0.2) is 34.4 Å². The van der Waals surface area contributed by atoms with Crippen molar-refractivity contribution in [2.75, 3.05) is 23.7 Å². The van der Waals surface area contributed by atoms with Crippen molar-refractivity contribution in [2.24, 2.45) is 17.3 Å². The van der Waals surface area contributed by atoms with Crippen LogP contribution in [0.2, 0.25) is 0 Å². The summed E-state index contributed by atoms with van der Waals surface area (Å²) < 4.78 is 39.6. The molecule has 4 rings (SSSR count). The van der Waals surface area contributed by atoms with Crippen LogP contribution in [0.5, 0.6) is 0 Å². The molecule has 2 aromatic rings. The Labute approximate surface area is 178 Å². The Balaban J connectivity index is 1.48. The summed E-state index contributed by atoms with van der Waals surface area (Å²) in [5.74, 6) is 2.35. The average molecular weight is 438 g/mol. The van der Waals surface area contributed by atoms with Crippen LogP contribution in [0, 0.1) is 17.3 Å². The van der Waals surface area contributed by atoms with Gasteiger partial charge in [-0.2, -0.15) is 13.2 Å². The molecule has 0 unspecified atom stereocenters. The number of hydrogen-bond donors (Lipinski definition) is 1. The van der Waals surface area contributed by atoms with Gasteiger partial charge in [0, 0.05) is 24.2 Å². The fourth-order valence-corrected chi connectivity index (χ4v) is 5.99. The molecule has 162 valence electrons. The number of nitrogen functional groups attached to an aromatic ring is 1. The van der Waals surface area contributed by atoms with E-state index in [0.29, 0.717) is 11.2 Å². The van der Waals surface area contributed by atoms with Crippen LogP contribution in [0.1, 0.15) is 45.2 Å². The lowest BCUT2D eigenvalue weighted by Crippen LogP contribution is -2.42. The van der Waals surface area contributed by atoms with E-state index in [-0.39, 0.29) is 15.7 Å². The quantitative estimate of drug-likeness (QED) is 0.705. The molecule has 1 saturated carbocycles. The highest BCUT2D eigenvalue weighted by Gasteiger charge is 2.45. The Morgan fingerprint density at radius 3 is 2.53 bits per heavy atom. The number of rotatable bonds is 3. The normalized spacial score (nSPS) is 23.8. The van der Waals surface area contributed by atoms with Crippen LogP contribution >= 0.6 is 11.8 Å². The average Bonchev–Trinajstić information content (AvgIpc) is 2.96. The molecule has 1 aliphatic carbocycles. The predicted octanol–water partition coefficient (Wildman–Crippen LogP) is 5.28.